The molecule has 4 aromatic heterocycles. The highest BCUT2D eigenvalue weighted by molar-refractivity contribution is 7.99. The zero-order valence-electron chi connectivity index (χ0n) is 61.7. The van der Waals surface area contributed by atoms with Crippen molar-refractivity contribution in [3.63, 3.8) is 0 Å². The van der Waals surface area contributed by atoms with Crippen LogP contribution < -0.4 is 21.7 Å². The molecule has 0 radical (unpaired) electrons. The van der Waals surface area contributed by atoms with Crippen molar-refractivity contribution in [1.82, 2.24) is 18.3 Å². The summed E-state index contributed by atoms with van der Waals surface area (Å²) in [6.45, 7) is 9.45. The van der Waals surface area contributed by atoms with Crippen molar-refractivity contribution in [3.8, 4) is 11.1 Å². The highest BCUT2D eigenvalue weighted by Crippen LogP contribution is 2.57. The molecule has 0 aliphatic heterocycles. The Bertz CT molecular complexity index is 4990. The van der Waals surface area contributed by atoms with E-state index in [1.807, 2.05) is 110 Å². The molecule has 13 rings (SSSR count). The smallest absolute Gasteiger partial charge is 0.197 e. The van der Waals surface area contributed by atoms with Crippen LogP contribution in [0.1, 0.15) is 214 Å². The fourth-order valence-corrected chi connectivity index (χ4v) is 19.3. The lowest BCUT2D eigenvalue weighted by atomic mass is 9.70. The van der Waals surface area contributed by atoms with E-state index in [4.69, 9.17) is 0 Å². The molecular formula is C91H106N4O4S2. The van der Waals surface area contributed by atoms with Crippen molar-refractivity contribution in [2.75, 3.05) is 11.5 Å². The Morgan fingerprint density at radius 2 is 0.614 bits per heavy atom. The average molecular weight is 1380 g/mol. The van der Waals surface area contributed by atoms with Gasteiger partial charge in [-0.15, -0.1) is 23.5 Å². The number of para-hydroxylation sites is 2. The van der Waals surface area contributed by atoms with E-state index in [-0.39, 0.29) is 27.1 Å². The molecule has 0 amide bonds. The lowest BCUT2D eigenvalue weighted by Gasteiger charge is -2.33. The molecule has 12 aromatic rings. The predicted molar refractivity (Wildman–Crippen MR) is 436 cm³/mol. The molecule has 0 fully saturated rings. The van der Waals surface area contributed by atoms with Crippen LogP contribution in [0, 0.1) is 13.8 Å². The van der Waals surface area contributed by atoms with Gasteiger partial charge in [0, 0.05) is 86.5 Å². The summed E-state index contributed by atoms with van der Waals surface area (Å²) in [6.07, 6.45) is 34.7. The van der Waals surface area contributed by atoms with E-state index in [9.17, 15) is 19.2 Å². The Morgan fingerprint density at radius 3 is 0.990 bits per heavy atom. The van der Waals surface area contributed by atoms with Crippen LogP contribution >= 0.6 is 23.5 Å². The first kappa shape index (κ1) is 71.7. The molecule has 101 heavy (non-hydrogen) atoms. The first-order valence-electron chi connectivity index (χ1n) is 38.7. The van der Waals surface area contributed by atoms with Crippen LogP contribution in [0.5, 0.6) is 0 Å². The summed E-state index contributed by atoms with van der Waals surface area (Å²) in [5.74, 6) is 2.28. The number of hydrogen-bond acceptors (Lipinski definition) is 6. The van der Waals surface area contributed by atoms with Gasteiger partial charge in [-0.05, 0) is 206 Å². The molecule has 526 valence electrons. The van der Waals surface area contributed by atoms with Crippen molar-refractivity contribution in [1.29, 1.82) is 0 Å². The summed E-state index contributed by atoms with van der Waals surface area (Å²) in [6, 6.07) is 46.5. The molecule has 0 saturated heterocycles. The van der Waals surface area contributed by atoms with Crippen molar-refractivity contribution >= 4 is 111 Å². The highest BCUT2D eigenvalue weighted by Gasteiger charge is 2.43. The highest BCUT2D eigenvalue weighted by atomic mass is 32.2. The van der Waals surface area contributed by atoms with Gasteiger partial charge >= 0.3 is 0 Å². The van der Waals surface area contributed by atoms with E-state index in [2.05, 4.69) is 121 Å². The first-order chi connectivity index (χ1) is 49.2. The number of rotatable bonds is 34. The number of benzene rings is 8. The standard InChI is InChI=1S/C91H106N4O4S2/c1-9-11-13-15-23-33-47-91(48-34-24-16-14-12-10-2)75-51-61(3)85(100-49-35-25-19-17-21-27-37-63-43-45-79-69(53-63)89(98)73-57-81-71(55-83(73)94(79)7)87(96)65-39-29-31-41-77(65)92(81)5)59-67(75)68-60-86(62(4)52-76(68)91)101-50-36-26-20-18-22-28-38-64-44-46-80-70(54-64)90(99)74-58-82-72(56-84(74)95(80)8)88(97)66-40-30-32-42-78(66)93(82)6/h29-32,39-46,51-60H,9-28,33-38,47-50H2,1-8H3. The summed E-state index contributed by atoms with van der Waals surface area (Å²) in [7, 11) is 7.97. The topological polar surface area (TPSA) is 88.0 Å². The summed E-state index contributed by atoms with van der Waals surface area (Å²) in [5.41, 5.74) is 18.3. The normalized spacial score (nSPS) is 12.9. The lowest BCUT2D eigenvalue weighted by Crippen LogP contribution is -2.26. The number of fused-ring (bicyclic) bond motifs is 11. The maximum absolute atomic E-state index is 14.3. The van der Waals surface area contributed by atoms with Gasteiger partial charge in [0.05, 0.1) is 44.1 Å². The summed E-state index contributed by atoms with van der Waals surface area (Å²) >= 11 is 4.17. The van der Waals surface area contributed by atoms with Crippen molar-refractivity contribution in [2.24, 2.45) is 28.2 Å². The minimum absolute atomic E-state index is 0.000643. The van der Waals surface area contributed by atoms with E-state index in [1.165, 1.54) is 197 Å². The van der Waals surface area contributed by atoms with Crippen LogP contribution in [-0.2, 0) is 46.4 Å². The minimum atomic E-state index is -0.000643. The monoisotopic (exact) mass is 1380 g/mol. The average Bonchev–Trinajstić information content (AvgIpc) is 1.70. The van der Waals surface area contributed by atoms with Gasteiger partial charge in [-0.3, -0.25) is 19.2 Å². The summed E-state index contributed by atoms with van der Waals surface area (Å²) in [4.78, 5) is 58.8. The van der Waals surface area contributed by atoms with Crippen molar-refractivity contribution in [2.45, 2.75) is 223 Å². The second-order valence-electron chi connectivity index (χ2n) is 29.9. The molecular weight excluding hydrogens is 1280 g/mol. The Balaban J connectivity index is 0.621. The molecule has 0 N–H and O–H groups in total. The molecule has 10 heteroatoms. The molecule has 0 spiro atoms. The number of hydrogen-bond donors (Lipinski definition) is 0. The second-order valence-corrected chi connectivity index (χ2v) is 32.2. The van der Waals surface area contributed by atoms with Crippen LogP contribution in [-0.4, -0.2) is 29.8 Å². The third-order valence-electron chi connectivity index (χ3n) is 23.1. The quantitative estimate of drug-likeness (QED) is 0.0227. The van der Waals surface area contributed by atoms with E-state index in [0.29, 0.717) is 32.3 Å². The number of aryl methyl sites for hydroxylation is 8. The molecule has 0 unspecified atom stereocenters. The Labute approximate surface area is 606 Å². The van der Waals surface area contributed by atoms with Gasteiger partial charge < -0.3 is 18.3 Å². The second kappa shape index (κ2) is 32.3. The molecule has 0 saturated carbocycles. The SMILES string of the molecule is CCCCCCCCC1(CCCCCCCC)c2cc(C)c(SCCCCCCCCc3ccc4c(c3)c(=O)c3cc5c(cc3n4C)c(=O)c3ccccc3n5C)cc2-c2cc(SCCCCCCCCc3ccc4c(c3)c(=O)c3cc5c(cc3n4C)c(=O)c3ccccc3n5C)c(C)cc21. The third-order valence-corrected chi connectivity index (χ3v) is 25.6. The Hall–Kier alpha value is -7.66. The molecule has 0 atom stereocenters. The van der Waals surface area contributed by atoms with Gasteiger partial charge in [-0.25, -0.2) is 0 Å². The maximum atomic E-state index is 14.3. The van der Waals surface area contributed by atoms with E-state index >= 15 is 0 Å². The first-order valence-corrected chi connectivity index (χ1v) is 40.7. The van der Waals surface area contributed by atoms with Gasteiger partial charge in [0.2, 0.25) is 0 Å². The molecule has 1 aliphatic carbocycles. The molecule has 4 heterocycles. The fourth-order valence-electron chi connectivity index (χ4n) is 17.2. The third kappa shape index (κ3) is 14.7. The maximum Gasteiger partial charge on any atom is 0.197 e. The van der Waals surface area contributed by atoms with E-state index < -0.39 is 0 Å². The van der Waals surface area contributed by atoms with Crippen molar-refractivity contribution < 1.29 is 0 Å². The van der Waals surface area contributed by atoms with Gasteiger partial charge in [0.15, 0.2) is 21.7 Å². The zero-order chi connectivity index (χ0) is 70.3. The van der Waals surface area contributed by atoms with E-state index in [1.54, 1.807) is 11.1 Å². The van der Waals surface area contributed by atoms with Crippen molar-refractivity contribution in [3.05, 3.63) is 208 Å². The zero-order valence-corrected chi connectivity index (χ0v) is 63.3. The number of thioether (sulfide) groups is 2. The Morgan fingerprint density at radius 1 is 0.307 bits per heavy atom. The van der Waals surface area contributed by atoms with Crippen LogP contribution in [0.2, 0.25) is 0 Å². The number of unbranched alkanes of at least 4 members (excludes halogenated alkanes) is 20. The Kier molecular flexibility index (Phi) is 23.0. The van der Waals surface area contributed by atoms with Gasteiger partial charge in [0.1, 0.15) is 0 Å². The van der Waals surface area contributed by atoms with Gasteiger partial charge in [0.25, 0.3) is 0 Å². The number of nitrogens with zero attached hydrogens (tertiary/aromatic N) is 4. The minimum Gasteiger partial charge on any atom is -0.343 e. The summed E-state index contributed by atoms with van der Waals surface area (Å²) < 4.78 is 8.24. The largest absolute Gasteiger partial charge is 0.343 e. The molecule has 8 nitrogen and oxygen atoms in total. The molecule has 0 bridgehead atoms. The van der Waals surface area contributed by atoms with Crippen LogP contribution in [0.4, 0.5) is 0 Å². The molecule has 1 aliphatic rings. The number of pyridine rings is 4. The van der Waals surface area contributed by atoms with Crippen LogP contribution in [0.15, 0.2) is 162 Å². The fraction of sp³-hybridized carbons (Fsp3) is 0.429. The van der Waals surface area contributed by atoms with Crippen LogP contribution in [0.3, 0.4) is 0 Å². The predicted octanol–water partition coefficient (Wildman–Crippen LogP) is 23.4. The summed E-state index contributed by atoms with van der Waals surface area (Å²) in [5, 5.41) is 5.43. The molecule has 8 aromatic carbocycles. The van der Waals surface area contributed by atoms with Crippen LogP contribution in [0.25, 0.3) is 98.4 Å². The lowest BCUT2D eigenvalue weighted by molar-refractivity contribution is 0.397. The number of aromatic nitrogens is 4. The van der Waals surface area contributed by atoms with E-state index in [0.717, 1.165) is 92.1 Å². The van der Waals surface area contributed by atoms with Gasteiger partial charge in [-0.2, -0.15) is 0 Å². The van der Waals surface area contributed by atoms with Gasteiger partial charge in [-0.1, -0.05) is 191 Å².